The summed E-state index contributed by atoms with van der Waals surface area (Å²) >= 11 is 12.6. The van der Waals surface area contributed by atoms with E-state index < -0.39 is 0 Å². The minimum atomic E-state index is 0.157. The molecule has 1 nitrogen and oxygen atoms in total. The Morgan fingerprint density at radius 1 is 1.21 bits per heavy atom. The molecule has 19 heavy (non-hydrogen) atoms. The fourth-order valence-corrected chi connectivity index (χ4v) is 2.66. The van der Waals surface area contributed by atoms with Gasteiger partial charge in [-0.25, -0.2) is 0 Å². The quantitative estimate of drug-likeness (QED) is 0.683. The van der Waals surface area contributed by atoms with Crippen molar-refractivity contribution in [1.82, 2.24) is 5.32 Å². The average molecular weight is 302 g/mol. The minimum absolute atomic E-state index is 0.157. The fourth-order valence-electron chi connectivity index (χ4n) is 2.13. The van der Waals surface area contributed by atoms with Crippen molar-refractivity contribution < 1.29 is 0 Å². The Labute approximate surface area is 127 Å². The standard InChI is InChI=1S/C16H25Cl2N/c1-5-9-19-11-16(4,12(2)3)10-13-14(17)7-6-8-15(13)18/h6-8,12,19H,5,9-11H2,1-4H3. The summed E-state index contributed by atoms with van der Waals surface area (Å²) in [6, 6.07) is 5.74. The Morgan fingerprint density at radius 3 is 2.26 bits per heavy atom. The maximum Gasteiger partial charge on any atom is 0.0453 e. The maximum absolute atomic E-state index is 6.30. The summed E-state index contributed by atoms with van der Waals surface area (Å²) in [6.45, 7) is 11.1. The van der Waals surface area contributed by atoms with Gasteiger partial charge in [0.05, 0.1) is 0 Å². The molecular formula is C16H25Cl2N. The highest BCUT2D eigenvalue weighted by molar-refractivity contribution is 6.36. The summed E-state index contributed by atoms with van der Waals surface area (Å²) in [7, 11) is 0. The third kappa shape index (κ3) is 4.66. The van der Waals surface area contributed by atoms with E-state index >= 15 is 0 Å². The molecule has 1 rings (SSSR count). The summed E-state index contributed by atoms with van der Waals surface area (Å²) in [5, 5.41) is 5.08. The lowest BCUT2D eigenvalue weighted by Gasteiger charge is -2.35. The Kier molecular flexibility index (Phi) is 6.65. The van der Waals surface area contributed by atoms with E-state index in [1.807, 2.05) is 18.2 Å². The molecule has 0 bridgehead atoms. The van der Waals surface area contributed by atoms with Crippen molar-refractivity contribution in [3.8, 4) is 0 Å². The molecule has 0 aliphatic rings. The highest BCUT2D eigenvalue weighted by Crippen LogP contribution is 2.36. The topological polar surface area (TPSA) is 12.0 Å². The van der Waals surface area contributed by atoms with E-state index in [-0.39, 0.29) is 5.41 Å². The molecule has 1 aromatic rings. The molecule has 1 unspecified atom stereocenters. The third-order valence-corrected chi connectivity index (χ3v) is 4.70. The summed E-state index contributed by atoms with van der Waals surface area (Å²) < 4.78 is 0. The Hall–Kier alpha value is -0.240. The predicted molar refractivity (Wildman–Crippen MR) is 86.3 cm³/mol. The monoisotopic (exact) mass is 301 g/mol. The average Bonchev–Trinajstić information content (AvgIpc) is 2.34. The van der Waals surface area contributed by atoms with Gasteiger partial charge < -0.3 is 5.32 Å². The van der Waals surface area contributed by atoms with E-state index in [4.69, 9.17) is 23.2 Å². The molecule has 0 radical (unpaired) electrons. The highest BCUT2D eigenvalue weighted by atomic mass is 35.5. The molecule has 0 aliphatic carbocycles. The molecule has 3 heteroatoms. The van der Waals surface area contributed by atoms with Crippen LogP contribution in [0, 0.1) is 11.3 Å². The summed E-state index contributed by atoms with van der Waals surface area (Å²) in [4.78, 5) is 0. The minimum Gasteiger partial charge on any atom is -0.316 e. The van der Waals surface area contributed by atoms with E-state index in [1.54, 1.807) is 0 Å². The zero-order chi connectivity index (χ0) is 14.5. The normalized spacial score (nSPS) is 14.7. The second-order valence-electron chi connectivity index (χ2n) is 5.86. The Balaban J connectivity index is 2.89. The van der Waals surface area contributed by atoms with Crippen LogP contribution in [-0.2, 0) is 6.42 Å². The van der Waals surface area contributed by atoms with Crippen LogP contribution < -0.4 is 5.32 Å². The van der Waals surface area contributed by atoms with E-state index in [1.165, 1.54) is 0 Å². The molecule has 1 atom stereocenters. The van der Waals surface area contributed by atoms with Crippen LogP contribution in [0.4, 0.5) is 0 Å². The summed E-state index contributed by atoms with van der Waals surface area (Å²) in [5.74, 6) is 0.559. The first-order chi connectivity index (χ1) is 8.90. The number of halogens is 2. The van der Waals surface area contributed by atoms with Crippen LogP contribution in [0.5, 0.6) is 0 Å². The van der Waals surface area contributed by atoms with Crippen molar-refractivity contribution in [1.29, 1.82) is 0 Å². The van der Waals surface area contributed by atoms with Gasteiger partial charge in [-0.15, -0.1) is 0 Å². The highest BCUT2D eigenvalue weighted by Gasteiger charge is 2.29. The Bertz CT molecular complexity index is 383. The number of benzene rings is 1. The van der Waals surface area contributed by atoms with Crippen molar-refractivity contribution in [2.45, 2.75) is 40.5 Å². The van der Waals surface area contributed by atoms with Gasteiger partial charge in [-0.2, -0.15) is 0 Å². The lowest BCUT2D eigenvalue weighted by Crippen LogP contribution is -2.38. The number of rotatable bonds is 7. The number of nitrogens with one attached hydrogen (secondary N) is 1. The van der Waals surface area contributed by atoms with Crippen LogP contribution in [0.3, 0.4) is 0 Å². The van der Waals surface area contributed by atoms with Crippen molar-refractivity contribution in [2.24, 2.45) is 11.3 Å². The summed E-state index contributed by atoms with van der Waals surface area (Å²) in [5.41, 5.74) is 1.23. The van der Waals surface area contributed by atoms with Crippen molar-refractivity contribution in [3.05, 3.63) is 33.8 Å². The van der Waals surface area contributed by atoms with E-state index in [0.717, 1.165) is 41.5 Å². The maximum atomic E-state index is 6.30. The van der Waals surface area contributed by atoms with Gasteiger partial charge >= 0.3 is 0 Å². The Morgan fingerprint density at radius 2 is 1.79 bits per heavy atom. The number of hydrogen-bond acceptors (Lipinski definition) is 1. The molecule has 1 N–H and O–H groups in total. The SMILES string of the molecule is CCCNCC(C)(Cc1c(Cl)cccc1Cl)C(C)C. The number of hydrogen-bond donors (Lipinski definition) is 1. The molecule has 1 aromatic carbocycles. The molecule has 0 saturated heterocycles. The molecule has 0 fully saturated rings. The molecule has 0 heterocycles. The van der Waals surface area contributed by atoms with E-state index in [0.29, 0.717) is 5.92 Å². The van der Waals surface area contributed by atoms with Crippen molar-refractivity contribution in [2.75, 3.05) is 13.1 Å². The lowest BCUT2D eigenvalue weighted by atomic mass is 9.74. The van der Waals surface area contributed by atoms with Gasteiger partial charge in [-0.1, -0.05) is 57.0 Å². The lowest BCUT2D eigenvalue weighted by molar-refractivity contribution is 0.208. The van der Waals surface area contributed by atoms with Crippen LogP contribution in [0.15, 0.2) is 18.2 Å². The molecule has 0 aliphatic heterocycles. The summed E-state index contributed by atoms with van der Waals surface area (Å²) in [6.07, 6.45) is 2.06. The van der Waals surface area contributed by atoms with Gasteiger partial charge in [0.1, 0.15) is 0 Å². The molecule has 0 amide bonds. The van der Waals surface area contributed by atoms with Gasteiger partial charge in [0.2, 0.25) is 0 Å². The molecule has 0 aromatic heterocycles. The van der Waals surface area contributed by atoms with Crippen molar-refractivity contribution in [3.63, 3.8) is 0 Å². The van der Waals surface area contributed by atoms with E-state index in [2.05, 4.69) is 33.0 Å². The van der Waals surface area contributed by atoms with Gasteiger partial charge in [0, 0.05) is 16.6 Å². The first-order valence-electron chi connectivity index (χ1n) is 7.04. The van der Waals surface area contributed by atoms with Crippen LogP contribution >= 0.6 is 23.2 Å². The second kappa shape index (κ2) is 7.52. The molecular weight excluding hydrogens is 277 g/mol. The third-order valence-electron chi connectivity index (χ3n) is 3.99. The van der Waals surface area contributed by atoms with Gasteiger partial charge in [0.15, 0.2) is 0 Å². The first kappa shape index (κ1) is 16.8. The van der Waals surface area contributed by atoms with Crippen molar-refractivity contribution >= 4 is 23.2 Å². The van der Waals surface area contributed by atoms with Gasteiger partial charge in [0.25, 0.3) is 0 Å². The fraction of sp³-hybridized carbons (Fsp3) is 0.625. The zero-order valence-corrected chi connectivity index (χ0v) is 13.9. The molecule has 0 spiro atoms. The largest absolute Gasteiger partial charge is 0.316 e. The van der Waals surface area contributed by atoms with Crippen LogP contribution in [0.25, 0.3) is 0 Å². The van der Waals surface area contributed by atoms with Gasteiger partial charge in [-0.3, -0.25) is 0 Å². The van der Waals surface area contributed by atoms with Crippen LogP contribution in [0.2, 0.25) is 10.0 Å². The molecule has 108 valence electrons. The smallest absolute Gasteiger partial charge is 0.0453 e. The predicted octanol–water partition coefficient (Wildman–Crippen LogP) is 5.20. The zero-order valence-electron chi connectivity index (χ0n) is 12.4. The van der Waals surface area contributed by atoms with Crippen LogP contribution in [0.1, 0.15) is 39.7 Å². The van der Waals surface area contributed by atoms with Crippen LogP contribution in [-0.4, -0.2) is 13.1 Å². The first-order valence-corrected chi connectivity index (χ1v) is 7.80. The second-order valence-corrected chi connectivity index (χ2v) is 6.68. The van der Waals surface area contributed by atoms with Gasteiger partial charge in [-0.05, 0) is 48.4 Å². The van der Waals surface area contributed by atoms with E-state index in [9.17, 15) is 0 Å². The molecule has 0 saturated carbocycles.